The summed E-state index contributed by atoms with van der Waals surface area (Å²) in [6.45, 7) is 9.96. The van der Waals surface area contributed by atoms with Crippen LogP contribution < -0.4 is 26.6 Å². The van der Waals surface area contributed by atoms with E-state index < -0.39 is 0 Å². The van der Waals surface area contributed by atoms with Crippen molar-refractivity contribution in [3.8, 4) is 0 Å². The van der Waals surface area contributed by atoms with Crippen LogP contribution in [0.25, 0.3) is 0 Å². The van der Waals surface area contributed by atoms with E-state index in [-0.39, 0.29) is 13.1 Å². The molecule has 1 aromatic rings. The molecule has 1 aliphatic heterocycles. The summed E-state index contributed by atoms with van der Waals surface area (Å²) in [6.07, 6.45) is 15.1. The van der Waals surface area contributed by atoms with Gasteiger partial charge in [0.1, 0.15) is 0 Å². The number of nitrogens with zero attached hydrogens (tertiary/aromatic N) is 1. The Hall–Kier alpha value is 0.359. The average molecular weight is 687 g/mol. The SMILES string of the molecule is CCCCOCCCCNCCSc1cc2nc(c1)CN[C@@H]1CCCC[C@H]1NCCN[C@@H]1CCCC[C@H]1NC2.[Cl][Mn][Cl]. The van der Waals surface area contributed by atoms with Crippen molar-refractivity contribution in [1.82, 2.24) is 31.6 Å². The first-order chi connectivity index (χ1) is 20.7. The molecule has 1 aromatic heterocycles. The van der Waals surface area contributed by atoms with Crippen molar-refractivity contribution in [3.05, 3.63) is 23.5 Å². The summed E-state index contributed by atoms with van der Waals surface area (Å²) in [6, 6.07) is 6.85. The van der Waals surface area contributed by atoms with Crippen LogP contribution in [0.2, 0.25) is 0 Å². The second kappa shape index (κ2) is 23.7. The topological polar surface area (TPSA) is 82.3 Å². The van der Waals surface area contributed by atoms with Crippen molar-refractivity contribution in [1.29, 1.82) is 0 Å². The number of hydrogen-bond acceptors (Lipinski definition) is 8. The fraction of sp³-hybridized carbons (Fsp3) is 0.839. The van der Waals surface area contributed by atoms with Gasteiger partial charge in [-0.25, -0.2) is 0 Å². The Morgan fingerprint density at radius 2 is 1.33 bits per heavy atom. The summed E-state index contributed by atoms with van der Waals surface area (Å²) in [7, 11) is 9.59. The molecule has 2 bridgehead atoms. The molecular weight excluding hydrogens is 630 g/mol. The summed E-state index contributed by atoms with van der Waals surface area (Å²) in [5.41, 5.74) is 2.37. The van der Waals surface area contributed by atoms with Gasteiger partial charge in [-0.3, -0.25) is 4.98 Å². The number of rotatable bonds is 12. The van der Waals surface area contributed by atoms with Crippen molar-refractivity contribution in [3.63, 3.8) is 0 Å². The standard InChI is InChI=1S/C31H56N6OS.2ClH.Mn/c1-2-3-18-38-19-9-8-14-32-17-20-39-27-21-25-23-35-30-12-6-4-10-28(30)33-15-16-34-29-11-5-7-13-31(29)36-24-26(22-27)37-25;;;/h21-22,28-36H,2-20,23-24H2,1H3;2*1H;/q;;;+2/p-2/t28-,29-,30-,31-;;;/m1.../s1. The van der Waals surface area contributed by atoms with Crippen molar-refractivity contribution in [2.75, 3.05) is 45.1 Å². The van der Waals surface area contributed by atoms with Gasteiger partial charge in [-0.15, -0.1) is 11.8 Å². The Bertz CT molecular complexity index is 783. The van der Waals surface area contributed by atoms with E-state index in [9.17, 15) is 0 Å². The summed E-state index contributed by atoms with van der Waals surface area (Å²) < 4.78 is 5.67. The van der Waals surface area contributed by atoms with Gasteiger partial charge in [0.2, 0.25) is 0 Å². The fourth-order valence-corrected chi connectivity index (χ4v) is 7.20. The van der Waals surface area contributed by atoms with Crippen LogP contribution in [0.4, 0.5) is 0 Å². The second-order valence-electron chi connectivity index (χ2n) is 11.8. The molecule has 0 saturated heterocycles. The molecule has 42 heavy (non-hydrogen) atoms. The van der Waals surface area contributed by atoms with Crippen molar-refractivity contribution in [2.24, 2.45) is 0 Å². The van der Waals surface area contributed by atoms with Gasteiger partial charge in [-0.1, -0.05) is 39.0 Å². The molecule has 0 radical (unpaired) electrons. The molecule has 4 rings (SSSR count). The molecule has 0 aromatic carbocycles. The summed E-state index contributed by atoms with van der Waals surface area (Å²) >= 11 is 1.97. The molecule has 0 spiro atoms. The molecule has 2 aliphatic carbocycles. The zero-order valence-corrected chi connectivity index (χ0v) is 29.2. The number of thioether (sulfide) groups is 1. The number of fused-ring (bicyclic) bond motifs is 4. The predicted octanol–water partition coefficient (Wildman–Crippen LogP) is 5.73. The molecule has 0 unspecified atom stereocenters. The molecular formula is C31H56Cl2MnN6OS. The van der Waals surface area contributed by atoms with E-state index >= 15 is 0 Å². The van der Waals surface area contributed by atoms with E-state index in [2.05, 4.69) is 45.6 Å². The molecule has 2 saturated carbocycles. The van der Waals surface area contributed by atoms with Crippen LogP contribution in [-0.2, 0) is 31.0 Å². The van der Waals surface area contributed by atoms with Crippen LogP contribution in [0.15, 0.2) is 17.0 Å². The first-order valence-corrected chi connectivity index (χ1v) is 20.7. The van der Waals surface area contributed by atoms with E-state index in [1.54, 1.807) is 0 Å². The van der Waals surface area contributed by atoms with Crippen LogP contribution in [-0.4, -0.2) is 74.3 Å². The minimum absolute atomic E-state index is 0.00694. The monoisotopic (exact) mass is 685 g/mol. The third-order valence-electron chi connectivity index (χ3n) is 8.55. The number of aromatic nitrogens is 1. The molecule has 7 nitrogen and oxygen atoms in total. The van der Waals surface area contributed by atoms with E-state index in [0.29, 0.717) is 24.2 Å². The van der Waals surface area contributed by atoms with Crippen LogP contribution in [0.3, 0.4) is 0 Å². The third-order valence-corrected chi connectivity index (χ3v) is 9.52. The number of halogens is 2. The van der Waals surface area contributed by atoms with Gasteiger partial charge in [0.05, 0.1) is 11.4 Å². The number of hydrogen-bond donors (Lipinski definition) is 5. The van der Waals surface area contributed by atoms with Gasteiger partial charge in [0.25, 0.3) is 0 Å². The van der Waals surface area contributed by atoms with Gasteiger partial charge in [0, 0.05) is 80.8 Å². The Kier molecular flexibility index (Phi) is 20.7. The van der Waals surface area contributed by atoms with E-state index in [1.165, 1.54) is 86.9 Å². The number of unbranched alkanes of at least 4 members (excludes halogenated alkanes) is 2. The Balaban J connectivity index is 0.00000155. The zero-order chi connectivity index (χ0) is 29.7. The van der Waals surface area contributed by atoms with Crippen molar-refractivity contribution < 1.29 is 17.9 Å². The van der Waals surface area contributed by atoms with Crippen LogP contribution in [0.1, 0.15) is 95.4 Å². The van der Waals surface area contributed by atoms with E-state index in [4.69, 9.17) is 29.9 Å². The predicted molar refractivity (Wildman–Crippen MR) is 176 cm³/mol. The maximum absolute atomic E-state index is 5.67. The molecule has 3 aliphatic rings. The van der Waals surface area contributed by atoms with Gasteiger partial charge in [0.15, 0.2) is 0 Å². The molecule has 5 N–H and O–H groups in total. The summed E-state index contributed by atoms with van der Waals surface area (Å²) in [4.78, 5) is 6.47. The normalized spacial score (nSPS) is 25.2. The van der Waals surface area contributed by atoms with Crippen LogP contribution in [0.5, 0.6) is 0 Å². The van der Waals surface area contributed by atoms with Crippen LogP contribution in [0, 0.1) is 0 Å². The summed E-state index contributed by atoms with van der Waals surface area (Å²) in [5, 5.41) is 19.2. The number of pyridine rings is 1. The quantitative estimate of drug-likeness (QED) is 0.108. The fourth-order valence-electron chi connectivity index (χ4n) is 6.28. The Morgan fingerprint density at radius 1 is 0.810 bits per heavy atom. The molecule has 243 valence electrons. The minimum atomic E-state index is 0.00694. The van der Waals surface area contributed by atoms with Gasteiger partial charge in [-0.2, -0.15) is 0 Å². The van der Waals surface area contributed by atoms with Crippen molar-refractivity contribution in [2.45, 2.75) is 126 Å². The molecule has 11 heteroatoms. The van der Waals surface area contributed by atoms with Crippen LogP contribution >= 0.6 is 32.0 Å². The Morgan fingerprint density at radius 3 is 1.88 bits per heavy atom. The zero-order valence-electron chi connectivity index (χ0n) is 25.7. The number of nitrogens with one attached hydrogen (secondary N) is 5. The first-order valence-electron chi connectivity index (χ1n) is 16.4. The number of ether oxygens (including phenoxy) is 1. The summed E-state index contributed by atoms with van der Waals surface area (Å²) in [5.74, 6) is 1.08. The van der Waals surface area contributed by atoms with Gasteiger partial charge < -0.3 is 31.3 Å². The molecule has 2 fully saturated rings. The first kappa shape index (κ1) is 36.8. The Labute approximate surface area is 274 Å². The molecule has 2 heterocycles. The van der Waals surface area contributed by atoms with Gasteiger partial charge >= 0.3 is 33.3 Å². The van der Waals surface area contributed by atoms with E-state index in [0.717, 1.165) is 64.7 Å². The molecule has 4 atom stereocenters. The molecule has 0 amide bonds. The average Bonchev–Trinajstić information content (AvgIpc) is 3.01. The van der Waals surface area contributed by atoms with Crippen molar-refractivity contribution >= 4 is 32.0 Å². The maximum atomic E-state index is 5.67. The third kappa shape index (κ3) is 15.1. The van der Waals surface area contributed by atoms with E-state index in [1.807, 2.05) is 11.8 Å². The van der Waals surface area contributed by atoms with Gasteiger partial charge in [-0.05, 0) is 63.6 Å². The second-order valence-corrected chi connectivity index (χ2v) is 14.9.